The van der Waals surface area contributed by atoms with Crippen molar-refractivity contribution in [2.24, 2.45) is 0 Å². The van der Waals surface area contributed by atoms with Crippen LogP contribution in [0.15, 0.2) is 0 Å². The first-order valence-electron chi connectivity index (χ1n) is 4.67. The van der Waals surface area contributed by atoms with E-state index in [4.69, 9.17) is 74.3 Å². The minimum Gasteiger partial charge on any atom is -0.327 e. The molecule has 0 aliphatic rings. The molecule has 0 aliphatic carbocycles. The summed E-state index contributed by atoms with van der Waals surface area (Å²) in [6.07, 6.45) is -2.86. The van der Waals surface area contributed by atoms with Crippen molar-refractivity contribution in [3.8, 4) is 0 Å². The van der Waals surface area contributed by atoms with E-state index in [2.05, 4.69) is 10.6 Å². The van der Waals surface area contributed by atoms with Crippen LogP contribution in [0.4, 0.5) is 0 Å². The molecule has 0 fully saturated rings. The Morgan fingerprint density at radius 3 is 1.26 bits per heavy atom. The zero-order chi connectivity index (χ0) is 15.4. The van der Waals surface area contributed by atoms with Crippen LogP contribution in [0, 0.1) is 0 Å². The van der Waals surface area contributed by atoms with Crippen molar-refractivity contribution in [1.29, 1.82) is 0 Å². The number of hydrogen-bond donors (Lipinski definition) is 2. The summed E-state index contributed by atoms with van der Waals surface area (Å²) in [5.41, 5.74) is 0. The van der Waals surface area contributed by atoms with Gasteiger partial charge in [0.2, 0.25) is 19.4 Å². The molecule has 2 N–H and O–H groups in total. The molecule has 0 aromatic rings. The van der Waals surface area contributed by atoms with E-state index in [1.165, 1.54) is 13.8 Å². The highest BCUT2D eigenvalue weighted by atomic mass is 35.6. The average Bonchev–Trinajstić information content (AvgIpc) is 2.10. The summed E-state index contributed by atoms with van der Waals surface area (Å²) in [5.74, 6) is -1.08. The molecule has 19 heavy (non-hydrogen) atoms. The van der Waals surface area contributed by atoms with Gasteiger partial charge in [-0.15, -0.1) is 0 Å². The maximum atomic E-state index is 11.0. The number of carbonyl (C=O) groups excluding carboxylic acids is 2. The first-order chi connectivity index (χ1) is 8.34. The van der Waals surface area contributed by atoms with Gasteiger partial charge in [0.1, 0.15) is 0 Å². The zero-order valence-corrected chi connectivity index (χ0v) is 14.2. The third-order valence-electron chi connectivity index (χ3n) is 1.54. The maximum absolute atomic E-state index is 11.0. The van der Waals surface area contributed by atoms with Crippen molar-refractivity contribution in [2.45, 2.75) is 33.9 Å². The lowest BCUT2D eigenvalue weighted by atomic mass is 10.5. The number of nitrogens with one attached hydrogen (secondary N) is 2. The van der Waals surface area contributed by atoms with Gasteiger partial charge in [0.05, 0.1) is 0 Å². The van der Waals surface area contributed by atoms with Gasteiger partial charge in [0.15, 0.2) is 12.5 Å². The molecule has 112 valence electrons. The Bertz CT molecular complexity index is 308. The molecule has 0 saturated carbocycles. The second-order valence-corrected chi connectivity index (χ2v) is 8.12. The van der Waals surface area contributed by atoms with Gasteiger partial charge in [-0.3, -0.25) is 9.59 Å². The van der Waals surface area contributed by atoms with Crippen molar-refractivity contribution in [1.82, 2.24) is 10.6 Å². The molecule has 11 heteroatoms. The van der Waals surface area contributed by atoms with Gasteiger partial charge in [-0.1, -0.05) is 69.6 Å². The molecule has 5 nitrogen and oxygen atoms in total. The SMILES string of the molecule is CC(=O)N[C@@H](O[C@H](NC(C)=O)C(Cl)(Cl)Cl)C(Cl)(Cl)Cl. The molecule has 2 atom stereocenters. The van der Waals surface area contributed by atoms with Crippen LogP contribution in [0.1, 0.15) is 13.8 Å². The number of halogens is 6. The average molecular weight is 395 g/mol. The van der Waals surface area contributed by atoms with Crippen LogP contribution >= 0.6 is 69.6 Å². The van der Waals surface area contributed by atoms with Gasteiger partial charge in [-0.05, 0) is 0 Å². The lowest BCUT2D eigenvalue weighted by Crippen LogP contribution is -2.54. The van der Waals surface area contributed by atoms with Crippen LogP contribution in [0.25, 0.3) is 0 Å². The number of amides is 2. The normalized spacial score (nSPS) is 15.6. The van der Waals surface area contributed by atoms with Crippen LogP contribution in [0.2, 0.25) is 0 Å². The number of hydrogen-bond acceptors (Lipinski definition) is 3. The van der Waals surface area contributed by atoms with E-state index in [1.54, 1.807) is 0 Å². The zero-order valence-electron chi connectivity index (χ0n) is 9.65. The van der Waals surface area contributed by atoms with Crippen molar-refractivity contribution >= 4 is 81.4 Å². The van der Waals surface area contributed by atoms with Gasteiger partial charge >= 0.3 is 0 Å². The molecule has 0 heterocycles. The van der Waals surface area contributed by atoms with E-state index in [0.717, 1.165) is 0 Å². The summed E-state index contributed by atoms with van der Waals surface area (Å²) >= 11 is 33.7. The van der Waals surface area contributed by atoms with E-state index < -0.39 is 31.9 Å². The number of rotatable bonds is 4. The lowest BCUT2D eigenvalue weighted by Gasteiger charge is -2.32. The van der Waals surface area contributed by atoms with Crippen molar-refractivity contribution < 1.29 is 14.3 Å². The standard InChI is InChI=1S/C8H10Cl6N2O3/c1-3(17)15-5(7(9,10)11)19-6(8(12,13)14)16-4(2)18/h5-6H,1-2H3,(H,15,17)(H,16,18)/t5-,6-/m0/s1. The summed E-state index contributed by atoms with van der Waals surface area (Å²) < 4.78 is 1.09. The smallest absolute Gasteiger partial charge is 0.234 e. The number of carbonyl (C=O) groups is 2. The van der Waals surface area contributed by atoms with Crippen LogP contribution in [-0.4, -0.2) is 31.9 Å². The minimum atomic E-state index is -2.03. The van der Waals surface area contributed by atoms with E-state index in [-0.39, 0.29) is 0 Å². The fraction of sp³-hybridized carbons (Fsp3) is 0.750. The second-order valence-electron chi connectivity index (χ2n) is 3.38. The molecule has 0 aromatic heterocycles. The van der Waals surface area contributed by atoms with E-state index in [1.807, 2.05) is 0 Å². The Morgan fingerprint density at radius 1 is 0.842 bits per heavy atom. The third kappa shape index (κ3) is 8.50. The van der Waals surface area contributed by atoms with Crippen LogP contribution in [0.5, 0.6) is 0 Å². The lowest BCUT2D eigenvalue weighted by molar-refractivity contribution is -0.130. The molecule has 0 rings (SSSR count). The highest BCUT2D eigenvalue weighted by Crippen LogP contribution is 2.36. The van der Waals surface area contributed by atoms with E-state index >= 15 is 0 Å². The topological polar surface area (TPSA) is 67.4 Å². The Balaban J connectivity index is 5.03. The molecule has 0 bridgehead atoms. The maximum Gasteiger partial charge on any atom is 0.234 e. The molecule has 0 saturated heterocycles. The number of ether oxygens (including phenoxy) is 1. The van der Waals surface area contributed by atoms with Gasteiger partial charge in [0, 0.05) is 13.8 Å². The molecule has 0 aliphatic heterocycles. The van der Waals surface area contributed by atoms with Crippen LogP contribution < -0.4 is 10.6 Å². The Hall–Kier alpha value is 0.640. The predicted octanol–water partition coefficient (Wildman–Crippen LogP) is 2.67. The fourth-order valence-corrected chi connectivity index (χ4v) is 1.53. The Morgan fingerprint density at radius 2 is 1.11 bits per heavy atom. The summed E-state index contributed by atoms with van der Waals surface area (Å²) in [6, 6.07) is 0. The Labute approximate surface area is 140 Å². The van der Waals surface area contributed by atoms with Crippen molar-refractivity contribution in [3.05, 3.63) is 0 Å². The van der Waals surface area contributed by atoms with Crippen LogP contribution in [0.3, 0.4) is 0 Å². The fourth-order valence-electron chi connectivity index (χ4n) is 0.891. The molecule has 0 spiro atoms. The van der Waals surface area contributed by atoms with Crippen molar-refractivity contribution in [2.75, 3.05) is 0 Å². The molecule has 0 radical (unpaired) electrons. The summed E-state index contributed by atoms with van der Waals surface area (Å²) in [6.45, 7) is 2.35. The summed E-state index contributed by atoms with van der Waals surface area (Å²) in [4.78, 5) is 22.0. The molecular formula is C8H10Cl6N2O3. The second kappa shape index (κ2) is 7.59. The molecule has 0 unspecified atom stereocenters. The van der Waals surface area contributed by atoms with E-state index in [9.17, 15) is 9.59 Å². The van der Waals surface area contributed by atoms with Gasteiger partial charge in [-0.25, -0.2) is 0 Å². The third-order valence-corrected chi connectivity index (χ3v) is 2.72. The molecular weight excluding hydrogens is 385 g/mol. The first kappa shape index (κ1) is 19.6. The first-order valence-corrected chi connectivity index (χ1v) is 6.94. The van der Waals surface area contributed by atoms with Crippen molar-refractivity contribution in [3.63, 3.8) is 0 Å². The Kier molecular flexibility index (Phi) is 7.85. The van der Waals surface area contributed by atoms with E-state index in [0.29, 0.717) is 0 Å². The minimum absolute atomic E-state index is 0.540. The monoisotopic (exact) mass is 392 g/mol. The molecule has 0 aromatic carbocycles. The number of alkyl halides is 6. The predicted molar refractivity (Wildman–Crippen MR) is 76.9 cm³/mol. The van der Waals surface area contributed by atoms with Gasteiger partial charge < -0.3 is 15.4 Å². The highest BCUT2D eigenvalue weighted by molar-refractivity contribution is 6.68. The van der Waals surface area contributed by atoms with Crippen LogP contribution in [-0.2, 0) is 14.3 Å². The quantitative estimate of drug-likeness (QED) is 0.569. The van der Waals surface area contributed by atoms with Gasteiger partial charge in [-0.2, -0.15) is 0 Å². The highest BCUT2D eigenvalue weighted by Gasteiger charge is 2.42. The summed E-state index contributed by atoms with van der Waals surface area (Å²) in [7, 11) is 0. The summed E-state index contributed by atoms with van der Waals surface area (Å²) in [5, 5.41) is 4.42. The molecule has 2 amide bonds. The largest absolute Gasteiger partial charge is 0.327 e. The van der Waals surface area contributed by atoms with Gasteiger partial charge in [0.25, 0.3) is 0 Å².